The van der Waals surface area contributed by atoms with E-state index in [0.29, 0.717) is 15.7 Å². The standard InChI is InChI=1S/C16H14Cl2N4O/c1-9-5-13(10(2)23-9)15-8-22(16(19)21-15)20-7-11-3-4-12(17)6-14(11)18/h3-8H,1-2H3,(H2,19,21)/b20-7+. The average molecular weight is 349 g/mol. The summed E-state index contributed by atoms with van der Waals surface area (Å²) in [5.41, 5.74) is 8.25. The Morgan fingerprint density at radius 3 is 2.70 bits per heavy atom. The van der Waals surface area contributed by atoms with Crippen molar-refractivity contribution in [2.45, 2.75) is 13.8 Å². The molecule has 0 unspecified atom stereocenters. The first-order chi connectivity index (χ1) is 10.9. The van der Waals surface area contributed by atoms with Gasteiger partial charge in [-0.15, -0.1) is 0 Å². The molecule has 0 fully saturated rings. The summed E-state index contributed by atoms with van der Waals surface area (Å²) >= 11 is 12.0. The Kier molecular flexibility index (Phi) is 4.15. The lowest BCUT2D eigenvalue weighted by Gasteiger charge is -1.99. The summed E-state index contributed by atoms with van der Waals surface area (Å²) in [5, 5.41) is 5.38. The molecule has 23 heavy (non-hydrogen) atoms. The Morgan fingerprint density at radius 2 is 2.04 bits per heavy atom. The van der Waals surface area contributed by atoms with Gasteiger partial charge in [-0.25, -0.2) is 9.66 Å². The highest BCUT2D eigenvalue weighted by Crippen LogP contribution is 2.26. The highest BCUT2D eigenvalue weighted by atomic mass is 35.5. The molecule has 0 saturated heterocycles. The molecule has 5 nitrogen and oxygen atoms in total. The lowest BCUT2D eigenvalue weighted by molar-refractivity contribution is 0.505. The molecular weight excluding hydrogens is 335 g/mol. The summed E-state index contributed by atoms with van der Waals surface area (Å²) in [6, 6.07) is 7.10. The van der Waals surface area contributed by atoms with Gasteiger partial charge in [-0.05, 0) is 32.0 Å². The summed E-state index contributed by atoms with van der Waals surface area (Å²) in [7, 11) is 0. The molecule has 0 amide bonds. The average Bonchev–Trinajstić information content (AvgIpc) is 3.00. The SMILES string of the molecule is Cc1cc(-c2cn(/N=C/c3ccc(Cl)cc3Cl)c(N)n2)c(C)o1. The molecule has 118 valence electrons. The maximum Gasteiger partial charge on any atom is 0.221 e. The van der Waals surface area contributed by atoms with E-state index in [-0.39, 0.29) is 5.95 Å². The minimum atomic E-state index is 0.277. The summed E-state index contributed by atoms with van der Waals surface area (Å²) < 4.78 is 7.00. The zero-order valence-corrected chi connectivity index (χ0v) is 14.1. The molecule has 3 aromatic rings. The molecule has 2 aromatic heterocycles. The first-order valence-electron chi connectivity index (χ1n) is 6.85. The number of nitrogens with two attached hydrogens (primary N) is 1. The number of aromatic nitrogens is 2. The van der Waals surface area contributed by atoms with Crippen LogP contribution >= 0.6 is 23.2 Å². The second kappa shape index (κ2) is 6.10. The molecule has 0 bridgehead atoms. The van der Waals surface area contributed by atoms with Crippen molar-refractivity contribution in [1.29, 1.82) is 0 Å². The first-order valence-corrected chi connectivity index (χ1v) is 7.61. The second-order valence-electron chi connectivity index (χ2n) is 5.07. The Balaban J connectivity index is 1.92. The van der Waals surface area contributed by atoms with Crippen LogP contribution in [0.15, 0.2) is 40.0 Å². The van der Waals surface area contributed by atoms with E-state index in [1.54, 1.807) is 30.6 Å². The van der Waals surface area contributed by atoms with Gasteiger partial charge in [-0.3, -0.25) is 0 Å². The predicted molar refractivity (Wildman–Crippen MR) is 93.3 cm³/mol. The Hall–Kier alpha value is -2.24. The van der Waals surface area contributed by atoms with E-state index >= 15 is 0 Å². The van der Waals surface area contributed by atoms with Gasteiger partial charge in [0, 0.05) is 16.1 Å². The van der Waals surface area contributed by atoms with Gasteiger partial charge < -0.3 is 10.2 Å². The topological polar surface area (TPSA) is 69.3 Å². The number of nitrogens with zero attached hydrogens (tertiary/aromatic N) is 3. The van der Waals surface area contributed by atoms with Crippen molar-refractivity contribution in [1.82, 2.24) is 9.66 Å². The molecule has 3 rings (SSSR count). The summed E-state index contributed by atoms with van der Waals surface area (Å²) in [6.45, 7) is 3.77. The van der Waals surface area contributed by atoms with Crippen LogP contribution in [-0.4, -0.2) is 15.9 Å². The number of imidazole rings is 1. The highest BCUT2D eigenvalue weighted by Gasteiger charge is 2.12. The number of nitrogen functional groups attached to an aromatic ring is 1. The number of hydrogen-bond acceptors (Lipinski definition) is 4. The molecule has 0 saturated carbocycles. The van der Waals surface area contributed by atoms with E-state index in [1.807, 2.05) is 19.9 Å². The predicted octanol–water partition coefficient (Wildman–Crippen LogP) is 4.53. The lowest BCUT2D eigenvalue weighted by Crippen LogP contribution is -1.97. The monoisotopic (exact) mass is 348 g/mol. The minimum Gasteiger partial charge on any atom is -0.466 e. The Bertz CT molecular complexity index is 896. The number of furan rings is 1. The normalized spacial score (nSPS) is 11.5. The van der Waals surface area contributed by atoms with Gasteiger partial charge in [0.05, 0.1) is 23.1 Å². The number of aryl methyl sites for hydroxylation is 2. The number of hydrogen-bond donors (Lipinski definition) is 1. The van der Waals surface area contributed by atoms with Crippen LogP contribution in [0.1, 0.15) is 17.1 Å². The van der Waals surface area contributed by atoms with Crippen LogP contribution in [0.2, 0.25) is 10.0 Å². The quantitative estimate of drug-likeness (QED) is 0.706. The zero-order valence-electron chi connectivity index (χ0n) is 12.5. The smallest absolute Gasteiger partial charge is 0.221 e. The molecule has 0 aliphatic heterocycles. The number of rotatable bonds is 3. The van der Waals surface area contributed by atoms with Crippen LogP contribution in [0.4, 0.5) is 5.95 Å². The number of benzene rings is 1. The molecule has 0 radical (unpaired) electrons. The summed E-state index contributed by atoms with van der Waals surface area (Å²) in [4.78, 5) is 4.32. The third kappa shape index (κ3) is 3.25. The zero-order chi connectivity index (χ0) is 16.6. The van der Waals surface area contributed by atoms with Crippen molar-refractivity contribution in [3.05, 3.63) is 57.6 Å². The molecule has 0 atom stereocenters. The summed E-state index contributed by atoms with van der Waals surface area (Å²) in [6.07, 6.45) is 3.35. The van der Waals surface area contributed by atoms with Crippen LogP contribution in [-0.2, 0) is 0 Å². The van der Waals surface area contributed by atoms with E-state index < -0.39 is 0 Å². The largest absolute Gasteiger partial charge is 0.466 e. The Morgan fingerprint density at radius 1 is 1.26 bits per heavy atom. The van der Waals surface area contributed by atoms with Gasteiger partial charge in [0.15, 0.2) is 0 Å². The third-order valence-corrected chi connectivity index (χ3v) is 3.88. The highest BCUT2D eigenvalue weighted by molar-refractivity contribution is 6.36. The van der Waals surface area contributed by atoms with Crippen LogP contribution < -0.4 is 5.73 Å². The molecule has 2 heterocycles. The van der Waals surface area contributed by atoms with Gasteiger partial charge in [0.25, 0.3) is 0 Å². The Labute approximate surface area is 143 Å². The van der Waals surface area contributed by atoms with Crippen molar-refractivity contribution >= 4 is 35.4 Å². The van der Waals surface area contributed by atoms with Crippen molar-refractivity contribution in [2.24, 2.45) is 5.10 Å². The van der Waals surface area contributed by atoms with E-state index in [2.05, 4.69) is 10.1 Å². The van der Waals surface area contributed by atoms with Gasteiger partial charge in [0.1, 0.15) is 11.5 Å². The summed E-state index contributed by atoms with van der Waals surface area (Å²) in [5.74, 6) is 1.89. The molecule has 0 aliphatic rings. The number of halogens is 2. The minimum absolute atomic E-state index is 0.277. The maximum absolute atomic E-state index is 6.12. The molecular formula is C16H14Cl2N4O. The molecule has 0 aliphatic carbocycles. The van der Waals surface area contributed by atoms with Crippen LogP contribution in [0.5, 0.6) is 0 Å². The fourth-order valence-corrected chi connectivity index (χ4v) is 2.68. The van der Waals surface area contributed by atoms with E-state index in [9.17, 15) is 0 Å². The van der Waals surface area contributed by atoms with Crippen molar-refractivity contribution in [3.63, 3.8) is 0 Å². The van der Waals surface area contributed by atoms with Crippen LogP contribution in [0.3, 0.4) is 0 Å². The van der Waals surface area contributed by atoms with Gasteiger partial charge in [0.2, 0.25) is 5.95 Å². The molecule has 7 heteroatoms. The van der Waals surface area contributed by atoms with E-state index in [0.717, 1.165) is 22.6 Å². The van der Waals surface area contributed by atoms with Gasteiger partial charge in [-0.2, -0.15) is 5.10 Å². The number of anilines is 1. The fraction of sp³-hybridized carbons (Fsp3) is 0.125. The van der Waals surface area contributed by atoms with Crippen molar-refractivity contribution in [3.8, 4) is 11.3 Å². The lowest BCUT2D eigenvalue weighted by atomic mass is 10.2. The van der Waals surface area contributed by atoms with E-state index in [1.165, 1.54) is 4.68 Å². The van der Waals surface area contributed by atoms with Crippen LogP contribution in [0.25, 0.3) is 11.3 Å². The molecule has 1 aromatic carbocycles. The fourth-order valence-electron chi connectivity index (χ4n) is 2.22. The molecule has 2 N–H and O–H groups in total. The second-order valence-corrected chi connectivity index (χ2v) is 5.91. The molecule has 0 spiro atoms. The van der Waals surface area contributed by atoms with Crippen molar-refractivity contribution < 1.29 is 4.42 Å². The van der Waals surface area contributed by atoms with E-state index in [4.69, 9.17) is 33.4 Å². The van der Waals surface area contributed by atoms with Crippen LogP contribution in [0, 0.1) is 13.8 Å². The van der Waals surface area contributed by atoms with Gasteiger partial charge >= 0.3 is 0 Å². The van der Waals surface area contributed by atoms with Gasteiger partial charge in [-0.1, -0.05) is 29.3 Å². The third-order valence-electron chi connectivity index (χ3n) is 3.31. The maximum atomic E-state index is 6.12. The van der Waals surface area contributed by atoms with Crippen molar-refractivity contribution in [2.75, 3.05) is 5.73 Å². The first kappa shape index (κ1) is 15.6.